The Kier molecular flexibility index (Phi) is 7.49. The molecule has 0 radical (unpaired) electrons. The van der Waals surface area contributed by atoms with Crippen molar-refractivity contribution in [3.63, 3.8) is 0 Å². The van der Waals surface area contributed by atoms with Gasteiger partial charge in [-0.15, -0.1) is 12.4 Å². The molecule has 0 bridgehead atoms. The minimum Gasteiger partial charge on any atom is -0.496 e. The Bertz CT molecular complexity index is 485. The van der Waals surface area contributed by atoms with E-state index in [1.54, 1.807) is 7.11 Å². The molecule has 6 heteroatoms. The average Bonchev–Trinajstić information content (AvgIpc) is 2.41. The third-order valence-corrected chi connectivity index (χ3v) is 4.22. The molecule has 1 aliphatic rings. The summed E-state index contributed by atoms with van der Waals surface area (Å²) < 4.78 is 6.26. The van der Waals surface area contributed by atoms with E-state index < -0.39 is 0 Å². The van der Waals surface area contributed by atoms with Crippen molar-refractivity contribution in [2.24, 2.45) is 5.92 Å². The number of halogens is 2. The van der Waals surface area contributed by atoms with Crippen molar-refractivity contribution in [3.8, 4) is 5.75 Å². The number of rotatable bonds is 4. The number of nitrogens with one attached hydrogen (secondary N) is 2. The molecular weight excluding hydrogens is 356 g/mol. The molecule has 0 aromatic heterocycles. The molecule has 118 valence electrons. The summed E-state index contributed by atoms with van der Waals surface area (Å²) in [7, 11) is 1.62. The molecule has 2 N–H and O–H groups in total. The fraction of sp³-hybridized carbons (Fsp3) is 0.533. The van der Waals surface area contributed by atoms with Crippen molar-refractivity contribution in [3.05, 3.63) is 28.2 Å². The normalized spacial score (nSPS) is 21.3. The zero-order valence-electron chi connectivity index (χ0n) is 12.3. The lowest BCUT2D eigenvalue weighted by Gasteiger charge is -2.30. The number of hydrogen-bond acceptors (Lipinski definition) is 3. The average molecular weight is 378 g/mol. The molecule has 0 spiro atoms. The van der Waals surface area contributed by atoms with Crippen LogP contribution in [-0.2, 0) is 11.2 Å². The monoisotopic (exact) mass is 376 g/mol. The molecular formula is C15H22BrClN2O2. The maximum atomic E-state index is 12.2. The number of carbonyl (C=O) groups is 1. The number of amides is 1. The maximum absolute atomic E-state index is 12.2. The smallest absolute Gasteiger partial charge is 0.224 e. The SMILES string of the molecule is COc1ccc(Br)cc1CC(=O)NC1CCNCC1C.Cl. The van der Waals surface area contributed by atoms with Gasteiger partial charge in [0.25, 0.3) is 0 Å². The molecule has 0 aliphatic carbocycles. The molecule has 0 saturated carbocycles. The Morgan fingerprint density at radius 1 is 1.52 bits per heavy atom. The standard InChI is InChI=1S/C15H21BrN2O2.ClH/c1-10-9-17-6-5-13(10)18-15(19)8-11-7-12(16)3-4-14(11)20-2;/h3-4,7,10,13,17H,5-6,8-9H2,1-2H3,(H,18,19);1H. The van der Waals surface area contributed by atoms with Crippen LogP contribution in [0.25, 0.3) is 0 Å². The predicted octanol–water partition coefficient (Wildman–Crippen LogP) is 2.54. The van der Waals surface area contributed by atoms with Gasteiger partial charge in [-0.3, -0.25) is 4.79 Å². The summed E-state index contributed by atoms with van der Waals surface area (Å²) in [6, 6.07) is 5.99. The van der Waals surface area contributed by atoms with Crippen LogP contribution in [0.2, 0.25) is 0 Å². The molecule has 1 fully saturated rings. The summed E-state index contributed by atoms with van der Waals surface area (Å²) in [5.41, 5.74) is 0.904. The van der Waals surface area contributed by atoms with Crippen LogP contribution in [0.3, 0.4) is 0 Å². The topological polar surface area (TPSA) is 50.4 Å². The van der Waals surface area contributed by atoms with Crippen molar-refractivity contribution >= 4 is 34.2 Å². The summed E-state index contributed by atoms with van der Waals surface area (Å²) in [6.45, 7) is 4.09. The van der Waals surface area contributed by atoms with Gasteiger partial charge in [0, 0.05) is 16.1 Å². The van der Waals surface area contributed by atoms with Gasteiger partial charge >= 0.3 is 0 Å². The molecule has 2 rings (SSSR count). The van der Waals surface area contributed by atoms with Gasteiger partial charge in [-0.1, -0.05) is 22.9 Å². The first-order valence-corrected chi connectivity index (χ1v) is 7.72. The third kappa shape index (κ3) is 5.16. The summed E-state index contributed by atoms with van der Waals surface area (Å²) in [5, 5.41) is 6.47. The molecule has 2 atom stereocenters. The molecule has 1 amide bonds. The van der Waals surface area contributed by atoms with Gasteiger partial charge in [0.1, 0.15) is 5.75 Å². The first-order chi connectivity index (χ1) is 9.60. The molecule has 1 aliphatic heterocycles. The van der Waals surface area contributed by atoms with Gasteiger partial charge < -0.3 is 15.4 Å². The van der Waals surface area contributed by atoms with Crippen molar-refractivity contribution in [2.45, 2.75) is 25.8 Å². The zero-order valence-corrected chi connectivity index (χ0v) is 14.7. The highest BCUT2D eigenvalue weighted by Gasteiger charge is 2.22. The lowest BCUT2D eigenvalue weighted by Crippen LogP contribution is -2.48. The van der Waals surface area contributed by atoms with Crippen molar-refractivity contribution in [1.29, 1.82) is 0 Å². The molecule has 4 nitrogen and oxygen atoms in total. The maximum Gasteiger partial charge on any atom is 0.224 e. The minimum atomic E-state index is 0. The second-order valence-electron chi connectivity index (χ2n) is 5.28. The summed E-state index contributed by atoms with van der Waals surface area (Å²) in [5.74, 6) is 1.28. The van der Waals surface area contributed by atoms with Crippen LogP contribution < -0.4 is 15.4 Å². The van der Waals surface area contributed by atoms with Crippen LogP contribution in [-0.4, -0.2) is 32.1 Å². The quantitative estimate of drug-likeness (QED) is 0.848. The molecule has 1 saturated heterocycles. The van der Waals surface area contributed by atoms with Crippen molar-refractivity contribution < 1.29 is 9.53 Å². The van der Waals surface area contributed by atoms with Crippen LogP contribution in [0.5, 0.6) is 5.75 Å². The number of ether oxygens (including phenoxy) is 1. The van der Waals surface area contributed by atoms with E-state index in [0.717, 1.165) is 35.3 Å². The van der Waals surface area contributed by atoms with Crippen LogP contribution >= 0.6 is 28.3 Å². The number of hydrogen-bond donors (Lipinski definition) is 2. The first kappa shape index (κ1) is 18.3. The Labute approximate surface area is 140 Å². The fourth-order valence-electron chi connectivity index (χ4n) is 2.54. The minimum absolute atomic E-state index is 0. The first-order valence-electron chi connectivity index (χ1n) is 6.92. The van der Waals surface area contributed by atoms with E-state index in [4.69, 9.17) is 4.74 Å². The number of piperidine rings is 1. The van der Waals surface area contributed by atoms with E-state index in [-0.39, 0.29) is 24.4 Å². The lowest BCUT2D eigenvalue weighted by molar-refractivity contribution is -0.121. The summed E-state index contributed by atoms with van der Waals surface area (Å²) in [4.78, 5) is 12.2. The van der Waals surface area contributed by atoms with E-state index in [2.05, 4.69) is 33.5 Å². The van der Waals surface area contributed by atoms with Gasteiger partial charge in [-0.25, -0.2) is 0 Å². The van der Waals surface area contributed by atoms with Crippen molar-refractivity contribution in [2.75, 3.05) is 20.2 Å². The van der Waals surface area contributed by atoms with E-state index in [1.165, 1.54) is 0 Å². The van der Waals surface area contributed by atoms with Gasteiger partial charge in [-0.2, -0.15) is 0 Å². The zero-order chi connectivity index (χ0) is 14.5. The van der Waals surface area contributed by atoms with Gasteiger partial charge in [-0.05, 0) is 43.6 Å². The third-order valence-electron chi connectivity index (χ3n) is 3.73. The Morgan fingerprint density at radius 3 is 2.95 bits per heavy atom. The Hall–Kier alpha value is -0.780. The molecule has 1 heterocycles. The van der Waals surface area contributed by atoms with Gasteiger partial charge in [0.05, 0.1) is 13.5 Å². The highest BCUT2D eigenvalue weighted by Crippen LogP contribution is 2.23. The second-order valence-corrected chi connectivity index (χ2v) is 6.19. The molecule has 21 heavy (non-hydrogen) atoms. The van der Waals surface area contributed by atoms with Gasteiger partial charge in [0.15, 0.2) is 0 Å². The highest BCUT2D eigenvalue weighted by atomic mass is 79.9. The van der Waals surface area contributed by atoms with E-state index in [1.807, 2.05) is 18.2 Å². The van der Waals surface area contributed by atoms with E-state index in [9.17, 15) is 4.79 Å². The van der Waals surface area contributed by atoms with Gasteiger partial charge in [0.2, 0.25) is 5.91 Å². The van der Waals surface area contributed by atoms with Crippen molar-refractivity contribution in [1.82, 2.24) is 10.6 Å². The summed E-state index contributed by atoms with van der Waals surface area (Å²) >= 11 is 3.43. The molecule has 2 unspecified atom stereocenters. The lowest BCUT2D eigenvalue weighted by atomic mass is 9.95. The second kappa shape index (κ2) is 8.61. The van der Waals surface area contributed by atoms with Crippen LogP contribution in [0.1, 0.15) is 18.9 Å². The number of carbonyl (C=O) groups excluding carboxylic acids is 1. The van der Waals surface area contributed by atoms with E-state index >= 15 is 0 Å². The van der Waals surface area contributed by atoms with Crippen LogP contribution in [0, 0.1) is 5.92 Å². The Balaban J connectivity index is 0.00000220. The largest absolute Gasteiger partial charge is 0.496 e. The fourth-order valence-corrected chi connectivity index (χ4v) is 2.95. The van der Waals surface area contributed by atoms with E-state index in [0.29, 0.717) is 12.3 Å². The number of benzene rings is 1. The predicted molar refractivity (Wildman–Crippen MR) is 90.2 cm³/mol. The Morgan fingerprint density at radius 2 is 2.29 bits per heavy atom. The highest BCUT2D eigenvalue weighted by molar-refractivity contribution is 9.10. The molecule has 1 aromatic carbocycles. The number of methoxy groups -OCH3 is 1. The summed E-state index contributed by atoms with van der Waals surface area (Å²) in [6.07, 6.45) is 1.34. The molecule has 1 aromatic rings. The van der Waals surface area contributed by atoms with Crippen LogP contribution in [0.15, 0.2) is 22.7 Å². The van der Waals surface area contributed by atoms with Crippen LogP contribution in [0.4, 0.5) is 0 Å².